The first-order valence-electron chi connectivity index (χ1n) is 13.9. The molecule has 0 amide bonds. The molecule has 178 valence electrons. The van der Waals surface area contributed by atoms with E-state index >= 15 is 0 Å². The number of aliphatic hydroxyl groups is 1. The average Bonchev–Trinajstić information content (AvgIpc) is 3.04. The van der Waals surface area contributed by atoms with Crippen LogP contribution in [0, 0.1) is 64.1 Å². The Balaban J connectivity index is 1.50. The van der Waals surface area contributed by atoms with Crippen LogP contribution >= 0.6 is 0 Å². The highest BCUT2D eigenvalue weighted by Gasteiger charge is 2.60. The SMILES string of the molecule is CC(C)C(/C=C\[C@@H](C)[C@H]1CC[C@H]2[C@@H]3CC[C@H]4CC[C@@H](O)C[C@]4(C)[C@H]3CC[C@]12C)C(C)C. The molecule has 0 bridgehead atoms. The lowest BCUT2D eigenvalue weighted by atomic mass is 9.44. The van der Waals surface area contributed by atoms with Crippen LogP contribution in [0.5, 0.6) is 0 Å². The monoisotopic (exact) mass is 428 g/mol. The molecule has 0 saturated heterocycles. The predicted molar refractivity (Wildman–Crippen MR) is 133 cm³/mol. The van der Waals surface area contributed by atoms with E-state index in [1.54, 1.807) is 0 Å². The Hall–Kier alpha value is -0.300. The zero-order chi connectivity index (χ0) is 22.6. The van der Waals surface area contributed by atoms with Crippen LogP contribution in [0.25, 0.3) is 0 Å². The van der Waals surface area contributed by atoms with E-state index < -0.39 is 0 Å². The van der Waals surface area contributed by atoms with Crippen molar-refractivity contribution in [2.75, 3.05) is 0 Å². The molecule has 31 heavy (non-hydrogen) atoms. The minimum Gasteiger partial charge on any atom is -0.393 e. The van der Waals surface area contributed by atoms with Crippen LogP contribution in [0.1, 0.15) is 106 Å². The normalized spacial score (nSPS) is 46.4. The van der Waals surface area contributed by atoms with Crippen LogP contribution in [0.4, 0.5) is 0 Å². The third kappa shape index (κ3) is 4.08. The van der Waals surface area contributed by atoms with E-state index in [2.05, 4.69) is 60.6 Å². The second-order valence-electron chi connectivity index (χ2n) is 13.6. The molecule has 4 aliphatic rings. The number of aliphatic hydroxyl groups excluding tert-OH is 1. The summed E-state index contributed by atoms with van der Waals surface area (Å²) in [4.78, 5) is 0. The van der Waals surface area contributed by atoms with E-state index in [0.29, 0.717) is 22.7 Å². The van der Waals surface area contributed by atoms with E-state index in [1.165, 1.54) is 44.9 Å². The molecule has 0 heterocycles. The maximum absolute atomic E-state index is 10.5. The summed E-state index contributed by atoms with van der Waals surface area (Å²) in [7, 11) is 0. The van der Waals surface area contributed by atoms with E-state index in [0.717, 1.165) is 54.3 Å². The van der Waals surface area contributed by atoms with Gasteiger partial charge in [-0.2, -0.15) is 0 Å². The minimum absolute atomic E-state index is 0.0374. The maximum atomic E-state index is 10.5. The third-order valence-corrected chi connectivity index (χ3v) is 11.5. The number of hydrogen-bond donors (Lipinski definition) is 1. The molecule has 1 N–H and O–H groups in total. The van der Waals surface area contributed by atoms with E-state index in [9.17, 15) is 5.11 Å². The van der Waals surface area contributed by atoms with Crippen LogP contribution in [0.3, 0.4) is 0 Å². The summed E-state index contributed by atoms with van der Waals surface area (Å²) in [5, 5.41) is 10.5. The van der Waals surface area contributed by atoms with Crippen LogP contribution in [-0.2, 0) is 0 Å². The summed E-state index contributed by atoms with van der Waals surface area (Å²) in [6, 6.07) is 0. The first-order chi connectivity index (χ1) is 14.6. The quantitative estimate of drug-likeness (QED) is 0.438. The highest BCUT2D eigenvalue weighted by atomic mass is 16.3. The first kappa shape index (κ1) is 23.8. The Labute approximate surface area is 193 Å². The van der Waals surface area contributed by atoms with Gasteiger partial charge in [-0.3, -0.25) is 0 Å². The Bertz CT molecular complexity index is 641. The standard InChI is InChI=1S/C30H52O/c1-19(2)24(20(3)4)12-8-21(5)26-14-15-27-25-13-10-22-9-11-23(31)18-30(22,7)28(25)16-17-29(26,27)6/h8,12,19-28,31H,9-11,13-18H2,1-7H3/b12-8-/t21-,22-,23-,25+,26-,27+,28+,29-,30+/m1/s1. The highest BCUT2D eigenvalue weighted by molar-refractivity contribution is 5.11. The molecule has 0 aromatic carbocycles. The number of allylic oxidation sites excluding steroid dienone is 2. The molecule has 1 nitrogen and oxygen atoms in total. The molecule has 4 aliphatic carbocycles. The van der Waals surface area contributed by atoms with Crippen molar-refractivity contribution in [2.24, 2.45) is 64.1 Å². The van der Waals surface area contributed by atoms with Gasteiger partial charge in [0.2, 0.25) is 0 Å². The van der Waals surface area contributed by atoms with Crippen molar-refractivity contribution in [1.82, 2.24) is 0 Å². The molecule has 0 spiro atoms. The molecule has 4 saturated carbocycles. The van der Waals surface area contributed by atoms with Crippen LogP contribution in [0.15, 0.2) is 12.2 Å². The molecular formula is C30H52O. The molecule has 0 radical (unpaired) electrons. The number of rotatable bonds is 5. The lowest BCUT2D eigenvalue weighted by Gasteiger charge is -2.61. The molecule has 0 aromatic heterocycles. The largest absolute Gasteiger partial charge is 0.393 e. The van der Waals surface area contributed by atoms with Gasteiger partial charge in [0.05, 0.1) is 6.10 Å². The van der Waals surface area contributed by atoms with Gasteiger partial charge in [0.25, 0.3) is 0 Å². The molecule has 4 fully saturated rings. The Kier molecular flexibility index (Phi) is 6.78. The van der Waals surface area contributed by atoms with Crippen LogP contribution in [0.2, 0.25) is 0 Å². The summed E-state index contributed by atoms with van der Waals surface area (Å²) in [6.45, 7) is 17.3. The number of fused-ring (bicyclic) bond motifs is 5. The van der Waals surface area contributed by atoms with Crippen LogP contribution in [-0.4, -0.2) is 11.2 Å². The fraction of sp³-hybridized carbons (Fsp3) is 0.933. The summed E-state index contributed by atoms with van der Waals surface area (Å²) in [5.41, 5.74) is 0.944. The Morgan fingerprint density at radius 3 is 2.06 bits per heavy atom. The summed E-state index contributed by atoms with van der Waals surface area (Å²) >= 11 is 0. The summed E-state index contributed by atoms with van der Waals surface area (Å²) < 4.78 is 0. The Morgan fingerprint density at radius 1 is 0.742 bits per heavy atom. The molecule has 0 unspecified atom stereocenters. The minimum atomic E-state index is -0.0374. The lowest BCUT2D eigenvalue weighted by molar-refractivity contribution is -0.131. The fourth-order valence-electron chi connectivity index (χ4n) is 9.89. The van der Waals surface area contributed by atoms with Gasteiger partial charge in [-0.1, -0.05) is 60.6 Å². The van der Waals surface area contributed by atoms with Crippen molar-refractivity contribution in [2.45, 2.75) is 112 Å². The molecule has 9 atom stereocenters. The van der Waals surface area contributed by atoms with Crippen molar-refractivity contribution < 1.29 is 5.11 Å². The van der Waals surface area contributed by atoms with Gasteiger partial charge in [-0.05, 0) is 122 Å². The second kappa shape index (κ2) is 8.81. The van der Waals surface area contributed by atoms with Crippen LogP contribution < -0.4 is 0 Å². The van der Waals surface area contributed by atoms with E-state index in [4.69, 9.17) is 0 Å². The highest BCUT2D eigenvalue weighted by Crippen LogP contribution is 2.68. The lowest BCUT2D eigenvalue weighted by Crippen LogP contribution is -2.54. The van der Waals surface area contributed by atoms with Crippen molar-refractivity contribution in [1.29, 1.82) is 0 Å². The van der Waals surface area contributed by atoms with Gasteiger partial charge in [-0.15, -0.1) is 0 Å². The zero-order valence-corrected chi connectivity index (χ0v) is 21.7. The van der Waals surface area contributed by atoms with Crippen molar-refractivity contribution >= 4 is 0 Å². The number of hydrogen-bond acceptors (Lipinski definition) is 1. The zero-order valence-electron chi connectivity index (χ0n) is 21.7. The molecule has 0 aromatic rings. The first-order valence-corrected chi connectivity index (χ1v) is 13.9. The topological polar surface area (TPSA) is 20.2 Å². The third-order valence-electron chi connectivity index (χ3n) is 11.5. The summed E-state index contributed by atoms with van der Waals surface area (Å²) in [5.74, 6) is 7.32. The predicted octanol–water partition coefficient (Wildman–Crippen LogP) is 8.13. The Morgan fingerprint density at radius 2 is 1.39 bits per heavy atom. The van der Waals surface area contributed by atoms with Gasteiger partial charge >= 0.3 is 0 Å². The molecule has 1 heteroatoms. The fourth-order valence-corrected chi connectivity index (χ4v) is 9.89. The second-order valence-corrected chi connectivity index (χ2v) is 13.6. The van der Waals surface area contributed by atoms with Gasteiger partial charge in [-0.25, -0.2) is 0 Å². The maximum Gasteiger partial charge on any atom is 0.0545 e. The average molecular weight is 429 g/mol. The van der Waals surface area contributed by atoms with Gasteiger partial charge < -0.3 is 5.11 Å². The molecular weight excluding hydrogens is 376 g/mol. The van der Waals surface area contributed by atoms with Gasteiger partial charge in [0.1, 0.15) is 0 Å². The molecule has 4 rings (SSSR count). The van der Waals surface area contributed by atoms with Gasteiger partial charge in [0.15, 0.2) is 0 Å². The van der Waals surface area contributed by atoms with Crippen molar-refractivity contribution in [3.05, 3.63) is 12.2 Å². The molecule has 0 aliphatic heterocycles. The van der Waals surface area contributed by atoms with Gasteiger partial charge in [0, 0.05) is 0 Å². The van der Waals surface area contributed by atoms with E-state index in [-0.39, 0.29) is 6.10 Å². The summed E-state index contributed by atoms with van der Waals surface area (Å²) in [6.07, 6.45) is 17.2. The smallest absolute Gasteiger partial charge is 0.0545 e. The van der Waals surface area contributed by atoms with E-state index in [1.807, 2.05) is 0 Å². The van der Waals surface area contributed by atoms with Crippen molar-refractivity contribution in [3.63, 3.8) is 0 Å². The van der Waals surface area contributed by atoms with Crippen molar-refractivity contribution in [3.8, 4) is 0 Å².